The highest BCUT2D eigenvalue weighted by atomic mass is 35.5. The molecule has 0 saturated carbocycles. The van der Waals surface area contributed by atoms with Gasteiger partial charge in [-0.2, -0.15) is 19.6 Å². The molecule has 0 aliphatic rings. The quantitative estimate of drug-likeness (QED) is 0.299. The van der Waals surface area contributed by atoms with E-state index in [2.05, 4.69) is 35.3 Å². The van der Waals surface area contributed by atoms with Gasteiger partial charge in [0.25, 0.3) is 5.62 Å². The topological polar surface area (TPSA) is 146 Å². The van der Waals surface area contributed by atoms with Crippen molar-refractivity contribution in [3.8, 4) is 5.88 Å². The second kappa shape index (κ2) is 9.16. The second-order valence-electron chi connectivity index (χ2n) is 6.50. The Hall–Kier alpha value is -3.77. The Morgan fingerprint density at radius 3 is 2.94 bits per heavy atom. The number of aromatic amines is 2. The van der Waals surface area contributed by atoms with E-state index in [4.69, 9.17) is 16.3 Å². The predicted molar refractivity (Wildman–Crippen MR) is 114 cm³/mol. The van der Waals surface area contributed by atoms with Gasteiger partial charge in [0.05, 0.1) is 24.4 Å². The van der Waals surface area contributed by atoms with E-state index in [-0.39, 0.29) is 28.2 Å². The summed E-state index contributed by atoms with van der Waals surface area (Å²) in [5.41, 5.74) is 0.683. The van der Waals surface area contributed by atoms with Crippen LogP contribution >= 0.6 is 11.6 Å². The van der Waals surface area contributed by atoms with Crippen molar-refractivity contribution in [3.05, 3.63) is 62.3 Å². The van der Waals surface area contributed by atoms with Crippen LogP contribution in [0.4, 0.5) is 16.0 Å². The van der Waals surface area contributed by atoms with E-state index in [0.29, 0.717) is 36.3 Å². The van der Waals surface area contributed by atoms with Gasteiger partial charge in [-0.05, 0) is 31.2 Å². The first kappa shape index (κ1) is 21.5. The summed E-state index contributed by atoms with van der Waals surface area (Å²) in [7, 11) is 0. The van der Waals surface area contributed by atoms with Gasteiger partial charge in [-0.1, -0.05) is 11.6 Å². The van der Waals surface area contributed by atoms with E-state index in [9.17, 15) is 14.3 Å². The lowest BCUT2D eigenvalue weighted by atomic mass is 10.3. The minimum atomic E-state index is -0.554. The molecule has 4 N–H and O–H groups in total. The molecule has 0 fully saturated rings. The number of benzene rings is 1. The molecule has 3 aromatic heterocycles. The van der Waals surface area contributed by atoms with Crippen LogP contribution < -0.4 is 21.8 Å². The summed E-state index contributed by atoms with van der Waals surface area (Å²) < 4.78 is 20.2. The number of fused-ring (bicyclic) bond motifs is 1. The molecule has 1 aromatic carbocycles. The largest absolute Gasteiger partial charge is 0.493 e. The minimum Gasteiger partial charge on any atom is -0.493 e. The van der Waals surface area contributed by atoms with E-state index in [1.54, 1.807) is 0 Å². The number of aromatic nitrogens is 6. The zero-order chi connectivity index (χ0) is 22.7. The molecule has 3 heterocycles. The molecule has 0 saturated heterocycles. The highest BCUT2D eigenvalue weighted by molar-refractivity contribution is 6.31. The third kappa shape index (κ3) is 4.60. The number of aromatic hydroxyl groups is 1. The van der Waals surface area contributed by atoms with E-state index >= 15 is 0 Å². The Morgan fingerprint density at radius 1 is 1.38 bits per heavy atom. The molecular weight excluding hydrogens is 443 g/mol. The van der Waals surface area contributed by atoms with E-state index in [1.807, 2.05) is 6.92 Å². The molecule has 0 bridgehead atoms. The summed E-state index contributed by atoms with van der Waals surface area (Å²) in [6.07, 6.45) is 3.00. The van der Waals surface area contributed by atoms with Gasteiger partial charge in [0.2, 0.25) is 11.8 Å². The van der Waals surface area contributed by atoms with Crippen molar-refractivity contribution in [2.45, 2.75) is 6.92 Å². The van der Waals surface area contributed by atoms with E-state index < -0.39 is 11.5 Å². The normalized spacial score (nSPS) is 12.7. The molecule has 166 valence electrons. The van der Waals surface area contributed by atoms with Crippen molar-refractivity contribution >= 4 is 35.0 Å². The van der Waals surface area contributed by atoms with E-state index in [0.717, 1.165) is 0 Å². The van der Waals surface area contributed by atoms with Crippen LogP contribution in [-0.4, -0.2) is 54.4 Å². The first-order valence-corrected chi connectivity index (χ1v) is 9.91. The van der Waals surface area contributed by atoms with Crippen LogP contribution in [0.5, 0.6) is 5.88 Å². The molecule has 4 aromatic rings. The maximum atomic E-state index is 13.5. The Labute approximate surface area is 184 Å². The van der Waals surface area contributed by atoms with Gasteiger partial charge in [0.1, 0.15) is 11.5 Å². The number of rotatable bonds is 7. The maximum Gasteiger partial charge on any atom is 0.326 e. The number of halogens is 2. The van der Waals surface area contributed by atoms with Crippen LogP contribution in [0.15, 0.2) is 34.2 Å². The molecule has 0 unspecified atom stereocenters. The van der Waals surface area contributed by atoms with Gasteiger partial charge in [-0.15, -0.1) is 0 Å². The Morgan fingerprint density at radius 2 is 2.22 bits per heavy atom. The summed E-state index contributed by atoms with van der Waals surface area (Å²) in [5.74, 6) is -0.699. The highest BCUT2D eigenvalue weighted by Crippen LogP contribution is 2.21. The number of imidazole rings is 1. The minimum absolute atomic E-state index is 0.0528. The smallest absolute Gasteiger partial charge is 0.326 e. The van der Waals surface area contributed by atoms with Crippen molar-refractivity contribution < 1.29 is 14.2 Å². The Kier molecular flexibility index (Phi) is 6.14. The summed E-state index contributed by atoms with van der Waals surface area (Å²) >= 11 is 5.86. The molecule has 4 rings (SSSR count). The SMILES string of the molecule is CCOCCN=c1nc(Nc2ccc(F)c(Cl)c2)nc2c(=Cc3[nH]c(=O)[nH]c3O)cnn12. The number of anilines is 2. The number of hydrogen-bond acceptors (Lipinski definition) is 8. The standard InChI is InChI=1S/C19H18ClFN8O3/c1-2-32-6-5-22-18-28-17(24-11-3-4-13(21)12(20)8-11)26-15-10(9-23-29(15)18)7-14-16(30)27-19(31)25-14/h3-4,7-9,30H,2,5-6H2,1H3,(H,22,24,28)(H2,25,27,31). The summed E-state index contributed by atoms with van der Waals surface area (Å²) in [6, 6.07) is 4.12. The Balaban J connectivity index is 1.83. The lowest BCUT2D eigenvalue weighted by molar-refractivity contribution is 0.155. The van der Waals surface area contributed by atoms with Crippen molar-refractivity contribution in [2.75, 3.05) is 25.1 Å². The molecule has 0 amide bonds. The number of nitrogens with zero attached hydrogens (tertiary/aromatic N) is 5. The fourth-order valence-corrected chi connectivity index (χ4v) is 3.03. The van der Waals surface area contributed by atoms with Crippen molar-refractivity contribution in [2.24, 2.45) is 4.99 Å². The molecule has 0 spiro atoms. The van der Waals surface area contributed by atoms with Crippen molar-refractivity contribution in [3.63, 3.8) is 0 Å². The highest BCUT2D eigenvalue weighted by Gasteiger charge is 2.10. The van der Waals surface area contributed by atoms with Crippen LogP contribution in [0.1, 0.15) is 12.6 Å². The predicted octanol–water partition coefficient (Wildman–Crippen LogP) is 0.867. The third-order valence-electron chi connectivity index (χ3n) is 4.28. The summed E-state index contributed by atoms with van der Waals surface area (Å²) in [4.78, 5) is 29.4. The van der Waals surface area contributed by atoms with Crippen LogP contribution in [0.25, 0.3) is 11.7 Å². The number of H-pyrrole nitrogens is 2. The zero-order valence-corrected chi connectivity index (χ0v) is 17.5. The zero-order valence-electron chi connectivity index (χ0n) is 16.8. The molecule has 13 heteroatoms. The van der Waals surface area contributed by atoms with Crippen LogP contribution in [-0.2, 0) is 4.74 Å². The lowest BCUT2D eigenvalue weighted by Crippen LogP contribution is -2.24. The van der Waals surface area contributed by atoms with Crippen LogP contribution in [0.2, 0.25) is 5.02 Å². The maximum absolute atomic E-state index is 13.5. The average Bonchev–Trinajstić information content (AvgIpc) is 3.30. The molecule has 0 aliphatic heterocycles. The summed E-state index contributed by atoms with van der Waals surface area (Å²) in [5, 5.41) is 17.5. The first-order valence-electron chi connectivity index (χ1n) is 9.53. The second-order valence-corrected chi connectivity index (χ2v) is 6.91. The molecule has 0 radical (unpaired) electrons. The average molecular weight is 461 g/mol. The van der Waals surface area contributed by atoms with Crippen LogP contribution in [0, 0.1) is 5.82 Å². The molecular formula is C19H18ClFN8O3. The van der Waals surface area contributed by atoms with Crippen molar-refractivity contribution in [1.82, 2.24) is 29.5 Å². The van der Waals surface area contributed by atoms with Gasteiger partial charge in [0.15, 0.2) is 5.65 Å². The fourth-order valence-electron chi connectivity index (χ4n) is 2.85. The fraction of sp³-hybridized carbons (Fsp3) is 0.211. The lowest BCUT2D eigenvalue weighted by Gasteiger charge is -2.06. The van der Waals surface area contributed by atoms with Gasteiger partial charge in [0, 0.05) is 17.5 Å². The first-order chi connectivity index (χ1) is 15.4. The Bertz CT molecular complexity index is 1450. The molecule has 0 aliphatic carbocycles. The molecule has 32 heavy (non-hydrogen) atoms. The number of nitrogens with one attached hydrogen (secondary N) is 3. The van der Waals surface area contributed by atoms with E-state index in [1.165, 1.54) is 35.0 Å². The van der Waals surface area contributed by atoms with Gasteiger partial charge in [-0.25, -0.2) is 14.2 Å². The van der Waals surface area contributed by atoms with Crippen molar-refractivity contribution in [1.29, 1.82) is 0 Å². The number of ether oxygens (including phenoxy) is 1. The molecule has 0 atom stereocenters. The van der Waals surface area contributed by atoms with Crippen LogP contribution in [0.3, 0.4) is 0 Å². The summed E-state index contributed by atoms with van der Waals surface area (Å²) in [6.45, 7) is 3.19. The van der Waals surface area contributed by atoms with Gasteiger partial charge < -0.3 is 20.1 Å². The molecule has 11 nitrogen and oxygen atoms in total. The monoisotopic (exact) mass is 460 g/mol. The van der Waals surface area contributed by atoms with Gasteiger partial charge >= 0.3 is 5.69 Å². The van der Waals surface area contributed by atoms with Gasteiger partial charge in [-0.3, -0.25) is 4.98 Å². The third-order valence-corrected chi connectivity index (χ3v) is 4.57. The number of hydrogen-bond donors (Lipinski definition) is 4.